The van der Waals surface area contributed by atoms with Gasteiger partial charge in [-0.05, 0) is 18.6 Å². The van der Waals surface area contributed by atoms with Gasteiger partial charge < -0.3 is 9.84 Å². The third kappa shape index (κ3) is 2.65. The molecule has 3 rings (SSSR count). The lowest BCUT2D eigenvalue weighted by molar-refractivity contribution is -0.138. The number of carbonyl (C=O) groups is 2. The number of para-hydroxylation sites is 1. The minimum atomic E-state index is -0.693. The molecule has 0 aromatic heterocycles. The molecule has 0 bridgehead atoms. The first kappa shape index (κ1) is 15.8. The van der Waals surface area contributed by atoms with Crippen molar-refractivity contribution in [1.29, 1.82) is 0 Å². The van der Waals surface area contributed by atoms with E-state index in [-0.39, 0.29) is 12.1 Å². The van der Waals surface area contributed by atoms with Gasteiger partial charge in [0.25, 0.3) is 11.8 Å². The van der Waals surface area contributed by atoms with Crippen molar-refractivity contribution in [3.05, 3.63) is 71.0 Å². The Labute approximate surface area is 139 Å². The maximum absolute atomic E-state index is 12.7. The first-order chi connectivity index (χ1) is 11.5. The van der Waals surface area contributed by atoms with Gasteiger partial charge in [0, 0.05) is 5.56 Å². The second-order valence-corrected chi connectivity index (χ2v) is 5.61. The molecular weight excluding hydrogens is 306 g/mol. The quantitative estimate of drug-likeness (QED) is 0.879. The van der Waals surface area contributed by atoms with Crippen LogP contribution in [-0.4, -0.2) is 28.9 Å². The van der Waals surface area contributed by atoms with Crippen molar-refractivity contribution < 1.29 is 19.4 Å². The largest absolute Gasteiger partial charge is 0.502 e. The third-order valence-corrected chi connectivity index (χ3v) is 3.98. The molecule has 1 aliphatic heterocycles. The molecule has 1 aliphatic rings. The van der Waals surface area contributed by atoms with Crippen LogP contribution in [0.1, 0.15) is 16.7 Å². The average molecular weight is 323 g/mol. The Bertz CT molecular complexity index is 837. The highest BCUT2D eigenvalue weighted by Gasteiger charge is 2.40. The minimum absolute atomic E-state index is 0.0236. The van der Waals surface area contributed by atoms with Gasteiger partial charge in [0.2, 0.25) is 0 Å². The Morgan fingerprint density at radius 3 is 2.33 bits per heavy atom. The predicted molar refractivity (Wildman–Crippen MR) is 89.3 cm³/mol. The van der Waals surface area contributed by atoms with Gasteiger partial charge >= 0.3 is 0 Å². The number of hydrogen-bond acceptors (Lipinski definition) is 4. The molecule has 5 nitrogen and oxygen atoms in total. The normalized spacial score (nSPS) is 14.5. The van der Waals surface area contributed by atoms with Crippen molar-refractivity contribution in [2.75, 3.05) is 7.11 Å². The summed E-state index contributed by atoms with van der Waals surface area (Å²) in [7, 11) is 1.47. The Hall–Kier alpha value is -3.08. The summed E-state index contributed by atoms with van der Waals surface area (Å²) < 4.78 is 5.23. The number of ether oxygens (including phenoxy) is 1. The summed E-state index contributed by atoms with van der Waals surface area (Å²) >= 11 is 0. The zero-order chi connectivity index (χ0) is 17.3. The summed E-state index contributed by atoms with van der Waals surface area (Å²) in [5.74, 6) is -1.34. The third-order valence-electron chi connectivity index (χ3n) is 3.98. The zero-order valence-corrected chi connectivity index (χ0v) is 13.4. The van der Waals surface area contributed by atoms with Crippen molar-refractivity contribution in [3.63, 3.8) is 0 Å². The summed E-state index contributed by atoms with van der Waals surface area (Å²) in [4.78, 5) is 26.1. The lowest BCUT2D eigenvalue weighted by Gasteiger charge is -2.15. The molecule has 0 atom stereocenters. The van der Waals surface area contributed by atoms with E-state index < -0.39 is 17.6 Å². The van der Waals surface area contributed by atoms with Crippen LogP contribution < -0.4 is 4.74 Å². The average Bonchev–Trinajstić information content (AvgIpc) is 2.80. The number of aliphatic hydroxyl groups excluding tert-OH is 1. The molecule has 122 valence electrons. The van der Waals surface area contributed by atoms with Gasteiger partial charge in [0.05, 0.1) is 19.2 Å². The number of imide groups is 1. The van der Waals surface area contributed by atoms with Crippen LogP contribution in [0.15, 0.2) is 54.3 Å². The summed E-state index contributed by atoms with van der Waals surface area (Å²) in [6.45, 7) is 2.07. The topological polar surface area (TPSA) is 66.8 Å². The van der Waals surface area contributed by atoms with Crippen molar-refractivity contribution in [2.45, 2.75) is 13.5 Å². The van der Waals surface area contributed by atoms with E-state index in [1.807, 2.05) is 31.2 Å². The number of rotatable bonds is 4. The first-order valence-electron chi connectivity index (χ1n) is 7.51. The van der Waals surface area contributed by atoms with Crippen molar-refractivity contribution >= 4 is 17.4 Å². The Kier molecular flexibility index (Phi) is 4.08. The van der Waals surface area contributed by atoms with Crippen LogP contribution in [0.25, 0.3) is 5.57 Å². The molecule has 0 fully saturated rings. The number of methoxy groups -OCH3 is 1. The lowest BCUT2D eigenvalue weighted by atomic mass is 10.0. The van der Waals surface area contributed by atoms with E-state index in [0.717, 1.165) is 16.0 Å². The van der Waals surface area contributed by atoms with Gasteiger partial charge in [-0.25, -0.2) is 0 Å². The van der Waals surface area contributed by atoms with E-state index in [0.29, 0.717) is 11.3 Å². The summed E-state index contributed by atoms with van der Waals surface area (Å²) in [6, 6.07) is 14.3. The molecule has 0 saturated carbocycles. The monoisotopic (exact) mass is 323 g/mol. The van der Waals surface area contributed by atoms with Crippen molar-refractivity contribution in [3.8, 4) is 5.75 Å². The number of hydrogen-bond donors (Lipinski definition) is 1. The maximum Gasteiger partial charge on any atom is 0.296 e. The molecule has 2 amide bonds. The van der Waals surface area contributed by atoms with Crippen LogP contribution in [0.3, 0.4) is 0 Å². The van der Waals surface area contributed by atoms with Crippen LogP contribution in [0.2, 0.25) is 0 Å². The first-order valence-corrected chi connectivity index (χ1v) is 7.51. The number of benzene rings is 2. The lowest BCUT2D eigenvalue weighted by Crippen LogP contribution is -2.31. The molecule has 2 aromatic rings. The number of amides is 2. The van der Waals surface area contributed by atoms with Crippen LogP contribution in [0.5, 0.6) is 5.75 Å². The van der Waals surface area contributed by atoms with Gasteiger partial charge in [-0.2, -0.15) is 0 Å². The molecule has 0 saturated heterocycles. The summed E-state index contributed by atoms with van der Waals surface area (Å²) in [6.07, 6.45) is 0. The van der Waals surface area contributed by atoms with E-state index >= 15 is 0 Å². The number of nitrogens with zero attached hydrogens (tertiary/aromatic N) is 1. The van der Waals surface area contributed by atoms with Gasteiger partial charge in [-0.1, -0.05) is 48.0 Å². The van der Waals surface area contributed by atoms with E-state index in [1.165, 1.54) is 7.11 Å². The molecule has 1 N–H and O–H groups in total. The highest BCUT2D eigenvalue weighted by molar-refractivity contribution is 6.35. The Morgan fingerprint density at radius 1 is 1.00 bits per heavy atom. The standard InChI is InChI=1S/C19H17NO4/c1-12-7-9-13(10-8-12)11-20-18(22)16(17(21)19(20)23)14-5-3-4-6-15(14)24-2/h3-10,21H,11H2,1-2H3. The van der Waals surface area contributed by atoms with Gasteiger partial charge in [-0.15, -0.1) is 0 Å². The number of aliphatic hydroxyl groups is 1. The van der Waals surface area contributed by atoms with Crippen LogP contribution in [0.4, 0.5) is 0 Å². The molecule has 24 heavy (non-hydrogen) atoms. The fourth-order valence-corrected chi connectivity index (χ4v) is 2.68. The highest BCUT2D eigenvalue weighted by atomic mass is 16.5. The molecule has 5 heteroatoms. The molecule has 0 aliphatic carbocycles. The van der Waals surface area contributed by atoms with E-state index in [4.69, 9.17) is 4.74 Å². The SMILES string of the molecule is COc1ccccc1C1=C(O)C(=O)N(Cc2ccc(C)cc2)C1=O. The van der Waals surface area contributed by atoms with E-state index in [2.05, 4.69) is 0 Å². The maximum atomic E-state index is 12.7. The van der Waals surface area contributed by atoms with Gasteiger partial charge in [-0.3, -0.25) is 14.5 Å². The van der Waals surface area contributed by atoms with Crippen LogP contribution >= 0.6 is 0 Å². The Balaban J connectivity index is 1.94. The highest BCUT2D eigenvalue weighted by Crippen LogP contribution is 2.34. The smallest absolute Gasteiger partial charge is 0.296 e. The van der Waals surface area contributed by atoms with Crippen LogP contribution in [-0.2, 0) is 16.1 Å². The molecule has 0 unspecified atom stereocenters. The van der Waals surface area contributed by atoms with Crippen LogP contribution in [0, 0.1) is 6.92 Å². The fourth-order valence-electron chi connectivity index (χ4n) is 2.68. The number of carbonyl (C=O) groups excluding carboxylic acids is 2. The molecule has 0 spiro atoms. The molecule has 1 heterocycles. The van der Waals surface area contributed by atoms with Gasteiger partial charge in [0.15, 0.2) is 5.76 Å². The molecule has 0 radical (unpaired) electrons. The second kappa shape index (κ2) is 6.20. The Morgan fingerprint density at radius 2 is 1.67 bits per heavy atom. The van der Waals surface area contributed by atoms with Crippen molar-refractivity contribution in [1.82, 2.24) is 4.90 Å². The second-order valence-electron chi connectivity index (χ2n) is 5.61. The fraction of sp³-hybridized carbons (Fsp3) is 0.158. The summed E-state index contributed by atoms with van der Waals surface area (Å²) in [5.41, 5.74) is 2.29. The predicted octanol–water partition coefficient (Wildman–Crippen LogP) is 2.84. The summed E-state index contributed by atoms with van der Waals surface area (Å²) in [5, 5.41) is 10.2. The zero-order valence-electron chi connectivity index (χ0n) is 13.4. The van der Waals surface area contributed by atoms with E-state index in [1.54, 1.807) is 24.3 Å². The van der Waals surface area contributed by atoms with Crippen molar-refractivity contribution in [2.24, 2.45) is 0 Å². The van der Waals surface area contributed by atoms with E-state index in [9.17, 15) is 14.7 Å². The number of aryl methyl sites for hydroxylation is 1. The van der Waals surface area contributed by atoms with Gasteiger partial charge in [0.1, 0.15) is 5.75 Å². The molecule has 2 aromatic carbocycles. The molecular formula is C19H17NO4. The minimum Gasteiger partial charge on any atom is -0.502 e.